The molecule has 0 saturated carbocycles. The van der Waals surface area contributed by atoms with Gasteiger partial charge >= 0.3 is 0 Å². The number of nitrogens with one attached hydrogen (secondary N) is 1. The first-order valence-corrected chi connectivity index (χ1v) is 5.91. The number of fused-ring (bicyclic) bond motifs is 1. The van der Waals surface area contributed by atoms with Gasteiger partial charge in [0.05, 0.1) is 17.8 Å². The van der Waals surface area contributed by atoms with Gasteiger partial charge in [0.2, 0.25) is 5.91 Å². The van der Waals surface area contributed by atoms with Gasteiger partial charge in [-0.3, -0.25) is 4.79 Å². The van der Waals surface area contributed by atoms with Crippen LogP contribution in [0.1, 0.15) is 24.3 Å². The molecule has 0 aliphatic carbocycles. The molecule has 1 aliphatic rings. The van der Waals surface area contributed by atoms with Crippen LogP contribution in [-0.2, 0) is 4.79 Å². The number of halogens is 1. The summed E-state index contributed by atoms with van der Waals surface area (Å²) in [6.07, 6.45) is 1.18. The second-order valence-corrected chi connectivity index (χ2v) is 4.47. The minimum atomic E-state index is -0.0221. The minimum absolute atomic E-state index is 0.0221. The summed E-state index contributed by atoms with van der Waals surface area (Å²) in [5.41, 5.74) is 7.22. The third-order valence-corrected chi connectivity index (χ3v) is 3.31. The van der Waals surface area contributed by atoms with Gasteiger partial charge in [0.25, 0.3) is 0 Å². The fraction of sp³-hybridized carbons (Fsp3) is 0.417. The van der Waals surface area contributed by atoms with E-state index < -0.39 is 0 Å². The number of ether oxygens (including phenoxy) is 1. The first-order chi connectivity index (χ1) is 8.17. The number of nitrogens with two attached hydrogens (primary N) is 1. The molecule has 1 atom stereocenters. The van der Waals surface area contributed by atoms with Crippen molar-refractivity contribution in [2.75, 3.05) is 19.0 Å². The van der Waals surface area contributed by atoms with Gasteiger partial charge in [-0.15, -0.1) is 0 Å². The van der Waals surface area contributed by atoms with Crippen molar-refractivity contribution in [3.63, 3.8) is 0 Å². The van der Waals surface area contributed by atoms with Crippen LogP contribution in [0, 0.1) is 0 Å². The number of hydrogen-bond donors (Lipinski definition) is 2. The lowest BCUT2D eigenvalue weighted by Gasteiger charge is -2.27. The van der Waals surface area contributed by atoms with E-state index in [0.29, 0.717) is 23.7 Å². The van der Waals surface area contributed by atoms with Crippen LogP contribution >= 0.6 is 11.6 Å². The van der Waals surface area contributed by atoms with Crippen molar-refractivity contribution in [3.05, 3.63) is 22.7 Å². The topological polar surface area (TPSA) is 64.3 Å². The van der Waals surface area contributed by atoms with E-state index in [4.69, 9.17) is 22.1 Å². The van der Waals surface area contributed by atoms with E-state index in [2.05, 4.69) is 5.32 Å². The molecule has 3 N–H and O–H groups in total. The Labute approximate surface area is 105 Å². The molecule has 0 bridgehead atoms. The highest BCUT2D eigenvalue weighted by Crippen LogP contribution is 2.43. The molecular weight excluding hydrogens is 240 g/mol. The molecule has 1 aromatic rings. The third kappa shape index (κ3) is 2.23. The van der Waals surface area contributed by atoms with Crippen LogP contribution < -0.4 is 15.8 Å². The number of carbonyl (C=O) groups is 1. The summed E-state index contributed by atoms with van der Waals surface area (Å²) in [4.78, 5) is 11.6. The second kappa shape index (κ2) is 4.94. The maximum absolute atomic E-state index is 11.6. The van der Waals surface area contributed by atoms with Gasteiger partial charge in [-0.05, 0) is 31.0 Å². The smallest absolute Gasteiger partial charge is 0.225 e. The number of rotatable bonds is 3. The predicted octanol–water partition coefficient (Wildman–Crippen LogP) is 2.12. The number of methoxy groups -OCH3 is 1. The summed E-state index contributed by atoms with van der Waals surface area (Å²) in [6, 6.07) is 3.55. The van der Waals surface area contributed by atoms with Crippen molar-refractivity contribution >= 4 is 23.2 Å². The number of benzene rings is 1. The molecule has 1 aliphatic heterocycles. The Kier molecular flexibility index (Phi) is 3.54. The largest absolute Gasteiger partial charge is 0.496 e. The van der Waals surface area contributed by atoms with E-state index in [0.717, 1.165) is 17.7 Å². The monoisotopic (exact) mass is 254 g/mol. The molecule has 0 radical (unpaired) electrons. The molecule has 1 unspecified atom stereocenters. The Morgan fingerprint density at radius 3 is 3.00 bits per heavy atom. The van der Waals surface area contributed by atoms with Crippen LogP contribution in [-0.4, -0.2) is 19.6 Å². The molecular formula is C12H15ClN2O2. The predicted molar refractivity (Wildman–Crippen MR) is 67.7 cm³/mol. The molecule has 0 spiro atoms. The molecule has 0 aromatic heterocycles. The molecule has 0 fully saturated rings. The van der Waals surface area contributed by atoms with Gasteiger partial charge in [-0.2, -0.15) is 0 Å². The molecule has 92 valence electrons. The number of amides is 1. The summed E-state index contributed by atoms with van der Waals surface area (Å²) < 4.78 is 5.33. The molecule has 1 amide bonds. The van der Waals surface area contributed by atoms with E-state index in [9.17, 15) is 4.79 Å². The zero-order valence-corrected chi connectivity index (χ0v) is 10.4. The van der Waals surface area contributed by atoms with Crippen LogP contribution in [0.2, 0.25) is 5.02 Å². The van der Waals surface area contributed by atoms with E-state index in [1.807, 2.05) is 6.07 Å². The Balaban J connectivity index is 2.53. The van der Waals surface area contributed by atoms with Crippen molar-refractivity contribution in [1.82, 2.24) is 0 Å². The molecule has 5 heteroatoms. The Hall–Kier alpha value is -1.26. The fourth-order valence-corrected chi connectivity index (χ4v) is 2.46. The average Bonchev–Trinajstić information content (AvgIpc) is 2.31. The van der Waals surface area contributed by atoms with Gasteiger partial charge in [0.15, 0.2) is 0 Å². The molecule has 4 nitrogen and oxygen atoms in total. The maximum atomic E-state index is 11.6. The zero-order valence-electron chi connectivity index (χ0n) is 9.63. The quantitative estimate of drug-likeness (QED) is 0.869. The Bertz CT molecular complexity index is 448. The van der Waals surface area contributed by atoms with Gasteiger partial charge in [0.1, 0.15) is 5.75 Å². The average molecular weight is 255 g/mol. The Morgan fingerprint density at radius 1 is 1.59 bits per heavy atom. The highest BCUT2D eigenvalue weighted by atomic mass is 35.5. The Morgan fingerprint density at radius 2 is 2.35 bits per heavy atom. The lowest BCUT2D eigenvalue weighted by molar-refractivity contribution is -0.116. The molecule has 0 saturated heterocycles. The first kappa shape index (κ1) is 12.2. The fourth-order valence-electron chi connectivity index (χ4n) is 2.25. The van der Waals surface area contributed by atoms with Gasteiger partial charge in [0, 0.05) is 12.0 Å². The lowest BCUT2D eigenvalue weighted by atomic mass is 9.87. The summed E-state index contributed by atoms with van der Waals surface area (Å²) in [5, 5.41) is 3.34. The number of hydrogen-bond acceptors (Lipinski definition) is 3. The van der Waals surface area contributed by atoms with Crippen molar-refractivity contribution in [2.24, 2.45) is 5.73 Å². The van der Waals surface area contributed by atoms with Gasteiger partial charge in [-0.25, -0.2) is 0 Å². The van der Waals surface area contributed by atoms with Crippen LogP contribution in [0.15, 0.2) is 12.1 Å². The number of anilines is 1. The van der Waals surface area contributed by atoms with Gasteiger partial charge < -0.3 is 15.8 Å². The summed E-state index contributed by atoms with van der Waals surface area (Å²) >= 11 is 6.10. The van der Waals surface area contributed by atoms with Crippen LogP contribution in [0.4, 0.5) is 5.69 Å². The summed E-state index contributed by atoms with van der Waals surface area (Å²) in [7, 11) is 1.61. The van der Waals surface area contributed by atoms with Crippen molar-refractivity contribution in [1.29, 1.82) is 0 Å². The SMILES string of the molecule is COc1ccc(Cl)c2c1C(CCN)CC(=O)N2. The first-order valence-electron chi connectivity index (χ1n) is 5.53. The highest BCUT2D eigenvalue weighted by Gasteiger charge is 2.29. The normalized spacial score (nSPS) is 18.5. The second-order valence-electron chi connectivity index (χ2n) is 4.06. The molecule has 17 heavy (non-hydrogen) atoms. The summed E-state index contributed by atoms with van der Waals surface area (Å²) in [6.45, 7) is 0.535. The maximum Gasteiger partial charge on any atom is 0.225 e. The molecule has 1 aromatic carbocycles. The van der Waals surface area contributed by atoms with Crippen LogP contribution in [0.25, 0.3) is 0 Å². The van der Waals surface area contributed by atoms with E-state index in [-0.39, 0.29) is 11.8 Å². The van der Waals surface area contributed by atoms with Crippen molar-refractivity contribution in [2.45, 2.75) is 18.8 Å². The van der Waals surface area contributed by atoms with Crippen LogP contribution in [0.3, 0.4) is 0 Å². The number of carbonyl (C=O) groups excluding carboxylic acids is 1. The summed E-state index contributed by atoms with van der Waals surface area (Å²) in [5.74, 6) is 0.811. The lowest BCUT2D eigenvalue weighted by Crippen LogP contribution is -2.25. The molecule has 1 heterocycles. The van der Waals surface area contributed by atoms with Crippen molar-refractivity contribution < 1.29 is 9.53 Å². The van der Waals surface area contributed by atoms with E-state index >= 15 is 0 Å². The highest BCUT2D eigenvalue weighted by molar-refractivity contribution is 6.34. The minimum Gasteiger partial charge on any atom is -0.496 e. The molecule has 2 rings (SSSR count). The zero-order chi connectivity index (χ0) is 12.4. The van der Waals surface area contributed by atoms with Crippen LogP contribution in [0.5, 0.6) is 5.75 Å². The van der Waals surface area contributed by atoms with Gasteiger partial charge in [-0.1, -0.05) is 11.6 Å². The standard InChI is InChI=1S/C12H15ClN2O2/c1-17-9-3-2-8(13)12-11(9)7(4-5-14)6-10(16)15-12/h2-3,7H,4-6,14H2,1H3,(H,15,16). The van der Waals surface area contributed by atoms with E-state index in [1.54, 1.807) is 13.2 Å². The third-order valence-electron chi connectivity index (χ3n) is 2.99. The van der Waals surface area contributed by atoms with E-state index in [1.165, 1.54) is 0 Å². The van der Waals surface area contributed by atoms with Crippen molar-refractivity contribution in [3.8, 4) is 5.75 Å².